The molecule has 0 fully saturated rings. The standard InChI is InChI=1S/C20H25N3O5S/c1-20(2,3)28-14-9-11-15(12-10-14)29(26,27)23-17-8-6-5-7-16(17)22(4)13-18(23)19(24)21-25/h5-12,18,25H,13H2,1-4H3,(H,21,24). The molecular weight excluding hydrogens is 394 g/mol. The lowest BCUT2D eigenvalue weighted by molar-refractivity contribution is -0.130. The number of carbonyl (C=O) groups excluding carboxylic acids is 1. The number of fused-ring (bicyclic) bond motifs is 1. The Morgan fingerprint density at radius 3 is 2.24 bits per heavy atom. The molecule has 0 aliphatic carbocycles. The number of ether oxygens (including phenoxy) is 1. The van der Waals surface area contributed by atoms with E-state index in [9.17, 15) is 13.2 Å². The normalized spacial score (nSPS) is 16.9. The molecule has 8 nitrogen and oxygen atoms in total. The lowest BCUT2D eigenvalue weighted by Gasteiger charge is -2.41. The first-order chi connectivity index (χ1) is 13.5. The van der Waals surface area contributed by atoms with E-state index in [4.69, 9.17) is 9.94 Å². The van der Waals surface area contributed by atoms with E-state index >= 15 is 0 Å². The Kier molecular flexibility index (Phi) is 5.46. The Morgan fingerprint density at radius 2 is 1.69 bits per heavy atom. The molecule has 0 spiro atoms. The van der Waals surface area contributed by atoms with Gasteiger partial charge in [-0.05, 0) is 57.2 Å². The van der Waals surface area contributed by atoms with Gasteiger partial charge in [0.05, 0.1) is 16.3 Å². The zero-order valence-electron chi connectivity index (χ0n) is 16.8. The van der Waals surface area contributed by atoms with Crippen LogP contribution in [0.1, 0.15) is 20.8 Å². The number of benzene rings is 2. The Hall–Kier alpha value is -2.78. The molecule has 2 aromatic carbocycles. The fourth-order valence-electron chi connectivity index (χ4n) is 3.28. The van der Waals surface area contributed by atoms with Crippen molar-refractivity contribution in [3.05, 3.63) is 48.5 Å². The van der Waals surface area contributed by atoms with Gasteiger partial charge in [0.15, 0.2) is 0 Å². The van der Waals surface area contributed by atoms with Crippen LogP contribution in [0.3, 0.4) is 0 Å². The van der Waals surface area contributed by atoms with Crippen molar-refractivity contribution < 1.29 is 23.2 Å². The van der Waals surface area contributed by atoms with Crippen molar-refractivity contribution in [2.24, 2.45) is 0 Å². The van der Waals surface area contributed by atoms with Crippen molar-refractivity contribution in [1.29, 1.82) is 0 Å². The number of para-hydroxylation sites is 2. The molecule has 0 aromatic heterocycles. The average molecular weight is 420 g/mol. The molecule has 2 N–H and O–H groups in total. The fraction of sp³-hybridized carbons (Fsp3) is 0.350. The van der Waals surface area contributed by atoms with Gasteiger partial charge < -0.3 is 9.64 Å². The second-order valence-corrected chi connectivity index (χ2v) is 9.66. The van der Waals surface area contributed by atoms with Crippen LogP contribution < -0.4 is 19.4 Å². The summed E-state index contributed by atoms with van der Waals surface area (Å²) in [5.74, 6) is -0.262. The molecule has 156 valence electrons. The SMILES string of the molecule is CN1CC(C(=O)NO)N(S(=O)(=O)c2ccc(OC(C)(C)C)cc2)c2ccccc21. The van der Waals surface area contributed by atoms with Crippen LogP contribution >= 0.6 is 0 Å². The number of nitrogens with one attached hydrogen (secondary N) is 1. The van der Waals surface area contributed by atoms with E-state index in [2.05, 4.69) is 0 Å². The largest absolute Gasteiger partial charge is 0.488 e. The molecule has 1 atom stereocenters. The Bertz CT molecular complexity index is 1000. The molecule has 0 saturated carbocycles. The van der Waals surface area contributed by atoms with Gasteiger partial charge in [0.2, 0.25) is 0 Å². The summed E-state index contributed by atoms with van der Waals surface area (Å²) in [6.45, 7) is 5.79. The summed E-state index contributed by atoms with van der Waals surface area (Å²) >= 11 is 0. The van der Waals surface area contributed by atoms with Crippen LogP contribution in [0, 0.1) is 0 Å². The number of sulfonamides is 1. The van der Waals surface area contributed by atoms with E-state index in [1.165, 1.54) is 12.1 Å². The molecule has 2 aromatic rings. The van der Waals surface area contributed by atoms with E-state index < -0.39 is 27.6 Å². The molecular formula is C20H25N3O5S. The van der Waals surface area contributed by atoms with Gasteiger partial charge in [-0.15, -0.1) is 0 Å². The Labute approximate surface area is 170 Å². The van der Waals surface area contributed by atoms with Crippen LogP contribution in [-0.2, 0) is 14.8 Å². The lowest BCUT2D eigenvalue weighted by Crippen LogP contribution is -2.57. The topological polar surface area (TPSA) is 99.2 Å². The van der Waals surface area contributed by atoms with E-state index in [0.717, 1.165) is 4.31 Å². The lowest BCUT2D eigenvalue weighted by atomic mass is 10.1. The van der Waals surface area contributed by atoms with Crippen molar-refractivity contribution in [3.63, 3.8) is 0 Å². The third-order valence-corrected chi connectivity index (χ3v) is 6.31. The summed E-state index contributed by atoms with van der Waals surface area (Å²) in [7, 11) is -2.32. The maximum atomic E-state index is 13.5. The molecule has 1 aliphatic heterocycles. The number of likely N-dealkylation sites (N-methyl/N-ethyl adjacent to an activating group) is 1. The van der Waals surface area contributed by atoms with Gasteiger partial charge in [0.25, 0.3) is 15.9 Å². The third-order valence-electron chi connectivity index (χ3n) is 4.48. The van der Waals surface area contributed by atoms with Crippen LogP contribution in [0.15, 0.2) is 53.4 Å². The van der Waals surface area contributed by atoms with Crippen molar-refractivity contribution in [2.75, 3.05) is 22.8 Å². The van der Waals surface area contributed by atoms with Gasteiger partial charge >= 0.3 is 0 Å². The number of rotatable bonds is 4. The molecule has 1 unspecified atom stereocenters. The minimum atomic E-state index is -4.08. The number of amides is 1. The van der Waals surface area contributed by atoms with Crippen LogP contribution in [0.5, 0.6) is 5.75 Å². The predicted molar refractivity (Wildman–Crippen MR) is 110 cm³/mol. The zero-order valence-corrected chi connectivity index (χ0v) is 17.6. The summed E-state index contributed by atoms with van der Waals surface area (Å²) in [4.78, 5) is 14.1. The van der Waals surface area contributed by atoms with Gasteiger partial charge in [-0.2, -0.15) is 0 Å². The minimum absolute atomic E-state index is 0.0221. The van der Waals surface area contributed by atoms with E-state index in [-0.39, 0.29) is 11.4 Å². The molecule has 1 aliphatic rings. The minimum Gasteiger partial charge on any atom is -0.488 e. The molecule has 3 rings (SSSR count). The first-order valence-electron chi connectivity index (χ1n) is 9.12. The summed E-state index contributed by atoms with van der Waals surface area (Å²) in [5, 5.41) is 9.16. The second-order valence-electron chi connectivity index (χ2n) is 7.85. The maximum Gasteiger partial charge on any atom is 0.269 e. The number of carbonyl (C=O) groups is 1. The average Bonchev–Trinajstić information content (AvgIpc) is 2.66. The summed E-state index contributed by atoms with van der Waals surface area (Å²) in [5.41, 5.74) is 2.20. The number of hydrogen-bond acceptors (Lipinski definition) is 6. The van der Waals surface area contributed by atoms with Crippen LogP contribution in [0.2, 0.25) is 0 Å². The zero-order chi connectivity index (χ0) is 21.4. The van der Waals surface area contributed by atoms with Gasteiger partial charge in [0, 0.05) is 13.6 Å². The highest BCUT2D eigenvalue weighted by Gasteiger charge is 2.41. The van der Waals surface area contributed by atoms with E-state index in [1.807, 2.05) is 20.8 Å². The van der Waals surface area contributed by atoms with Crippen LogP contribution in [0.4, 0.5) is 11.4 Å². The van der Waals surface area contributed by atoms with Crippen molar-refractivity contribution in [3.8, 4) is 5.75 Å². The highest BCUT2D eigenvalue weighted by molar-refractivity contribution is 7.93. The van der Waals surface area contributed by atoms with Gasteiger partial charge in [-0.1, -0.05) is 12.1 Å². The van der Waals surface area contributed by atoms with Crippen LogP contribution in [0.25, 0.3) is 0 Å². The Morgan fingerprint density at radius 1 is 1.10 bits per heavy atom. The first kappa shape index (κ1) is 20.9. The number of nitrogens with zero attached hydrogens (tertiary/aromatic N) is 2. The smallest absolute Gasteiger partial charge is 0.269 e. The second kappa shape index (κ2) is 7.57. The molecule has 0 radical (unpaired) electrons. The molecule has 9 heteroatoms. The number of anilines is 2. The van der Waals surface area contributed by atoms with Gasteiger partial charge in [0.1, 0.15) is 17.4 Å². The van der Waals surface area contributed by atoms with Gasteiger partial charge in [-0.25, -0.2) is 18.2 Å². The predicted octanol–water partition coefficient (Wildman–Crippen LogP) is 2.38. The van der Waals surface area contributed by atoms with Crippen molar-refractivity contribution in [2.45, 2.75) is 37.3 Å². The molecule has 29 heavy (non-hydrogen) atoms. The van der Waals surface area contributed by atoms with E-state index in [0.29, 0.717) is 17.1 Å². The summed E-state index contributed by atoms with van der Waals surface area (Å²) < 4.78 is 33.8. The highest BCUT2D eigenvalue weighted by Crippen LogP contribution is 2.38. The maximum absolute atomic E-state index is 13.5. The molecule has 1 amide bonds. The number of hydrogen-bond donors (Lipinski definition) is 2. The quantitative estimate of drug-likeness (QED) is 0.583. The van der Waals surface area contributed by atoms with Gasteiger partial charge in [-0.3, -0.25) is 10.0 Å². The van der Waals surface area contributed by atoms with Crippen molar-refractivity contribution >= 4 is 27.3 Å². The number of hydroxylamine groups is 1. The summed E-state index contributed by atoms with van der Waals surface area (Å²) in [6, 6.07) is 11.9. The molecule has 0 saturated heterocycles. The van der Waals surface area contributed by atoms with Crippen molar-refractivity contribution in [1.82, 2.24) is 5.48 Å². The first-order valence-corrected chi connectivity index (χ1v) is 10.6. The highest BCUT2D eigenvalue weighted by atomic mass is 32.2. The van der Waals surface area contributed by atoms with Crippen LogP contribution in [-0.4, -0.2) is 44.8 Å². The monoisotopic (exact) mass is 419 g/mol. The molecule has 0 bridgehead atoms. The van der Waals surface area contributed by atoms with E-state index in [1.54, 1.807) is 53.8 Å². The third kappa shape index (κ3) is 4.15. The summed E-state index contributed by atoms with van der Waals surface area (Å²) in [6.07, 6.45) is 0. The Balaban J connectivity index is 2.07. The fourth-order valence-corrected chi connectivity index (χ4v) is 4.90. The molecule has 1 heterocycles.